The summed E-state index contributed by atoms with van der Waals surface area (Å²) in [6, 6.07) is 15.5. The van der Waals surface area contributed by atoms with Crippen LogP contribution in [0.15, 0.2) is 67.3 Å². The van der Waals surface area contributed by atoms with Crippen molar-refractivity contribution in [1.82, 2.24) is 14.9 Å². The van der Waals surface area contributed by atoms with Gasteiger partial charge in [-0.1, -0.05) is 26.0 Å². The first-order valence-electron chi connectivity index (χ1n) is 8.73. The third kappa shape index (κ3) is 4.51. The van der Waals surface area contributed by atoms with Crippen molar-refractivity contribution in [3.8, 4) is 11.4 Å². The zero-order valence-corrected chi connectivity index (χ0v) is 15.1. The SMILES string of the molecule is CC(C)c1ccc(OCCNC(=O)c2ccc(-n3ccnc3)cc2)cc1. The third-order valence-electron chi connectivity index (χ3n) is 4.14. The van der Waals surface area contributed by atoms with Crippen molar-refractivity contribution < 1.29 is 9.53 Å². The molecule has 0 aliphatic rings. The standard InChI is InChI=1S/C21H23N3O2/c1-16(2)17-5-9-20(10-6-17)26-14-12-23-21(25)18-3-7-19(8-4-18)24-13-11-22-15-24/h3-11,13,15-16H,12,14H2,1-2H3,(H,23,25). The van der Waals surface area contributed by atoms with E-state index in [1.165, 1.54) is 5.56 Å². The maximum atomic E-state index is 12.2. The minimum absolute atomic E-state index is 0.110. The zero-order valence-electron chi connectivity index (χ0n) is 15.1. The molecule has 1 aromatic heterocycles. The van der Waals surface area contributed by atoms with Crippen molar-refractivity contribution in [2.45, 2.75) is 19.8 Å². The summed E-state index contributed by atoms with van der Waals surface area (Å²) in [5.74, 6) is 1.21. The number of carbonyl (C=O) groups excluding carboxylic acids is 1. The minimum atomic E-state index is -0.110. The van der Waals surface area contributed by atoms with Crippen molar-refractivity contribution in [2.24, 2.45) is 0 Å². The molecule has 0 bridgehead atoms. The van der Waals surface area contributed by atoms with Crippen molar-refractivity contribution in [3.63, 3.8) is 0 Å². The molecule has 5 heteroatoms. The highest BCUT2D eigenvalue weighted by molar-refractivity contribution is 5.94. The summed E-state index contributed by atoms with van der Waals surface area (Å²) < 4.78 is 7.56. The molecule has 0 saturated carbocycles. The van der Waals surface area contributed by atoms with Gasteiger partial charge in [0.1, 0.15) is 12.4 Å². The van der Waals surface area contributed by atoms with Gasteiger partial charge in [-0.2, -0.15) is 0 Å². The van der Waals surface area contributed by atoms with Crippen LogP contribution in [0.1, 0.15) is 35.7 Å². The lowest BCUT2D eigenvalue weighted by atomic mass is 10.0. The highest BCUT2D eigenvalue weighted by atomic mass is 16.5. The van der Waals surface area contributed by atoms with E-state index in [2.05, 4.69) is 36.3 Å². The molecule has 0 aliphatic carbocycles. The summed E-state index contributed by atoms with van der Waals surface area (Å²) in [5, 5.41) is 2.87. The molecule has 1 N–H and O–H groups in total. The van der Waals surface area contributed by atoms with E-state index in [0.29, 0.717) is 24.6 Å². The van der Waals surface area contributed by atoms with E-state index in [1.54, 1.807) is 24.7 Å². The average Bonchev–Trinajstić information content (AvgIpc) is 3.20. The van der Waals surface area contributed by atoms with Crippen LogP contribution in [0.2, 0.25) is 0 Å². The largest absolute Gasteiger partial charge is 0.492 e. The van der Waals surface area contributed by atoms with Gasteiger partial charge in [-0.05, 0) is 47.9 Å². The lowest BCUT2D eigenvalue weighted by molar-refractivity contribution is 0.0947. The Hall–Kier alpha value is -3.08. The first-order valence-corrected chi connectivity index (χ1v) is 8.73. The van der Waals surface area contributed by atoms with Gasteiger partial charge in [0, 0.05) is 23.6 Å². The second-order valence-corrected chi connectivity index (χ2v) is 6.34. The van der Waals surface area contributed by atoms with Gasteiger partial charge in [0.25, 0.3) is 5.91 Å². The molecule has 134 valence electrons. The molecule has 0 radical (unpaired) electrons. The molecule has 5 nitrogen and oxygen atoms in total. The molecule has 0 unspecified atom stereocenters. The smallest absolute Gasteiger partial charge is 0.251 e. The summed E-state index contributed by atoms with van der Waals surface area (Å²) in [6.07, 6.45) is 5.30. The predicted molar refractivity (Wildman–Crippen MR) is 102 cm³/mol. The monoisotopic (exact) mass is 349 g/mol. The zero-order chi connectivity index (χ0) is 18.4. The number of nitrogens with one attached hydrogen (secondary N) is 1. The number of aromatic nitrogens is 2. The lowest BCUT2D eigenvalue weighted by Crippen LogP contribution is -2.28. The topological polar surface area (TPSA) is 56.1 Å². The van der Waals surface area contributed by atoms with Gasteiger partial charge < -0.3 is 14.6 Å². The summed E-state index contributed by atoms with van der Waals surface area (Å²) >= 11 is 0. The number of rotatable bonds is 7. The van der Waals surface area contributed by atoms with Crippen LogP contribution < -0.4 is 10.1 Å². The summed E-state index contributed by atoms with van der Waals surface area (Å²) in [5.41, 5.74) is 2.87. The fourth-order valence-electron chi connectivity index (χ4n) is 2.58. The van der Waals surface area contributed by atoms with Gasteiger partial charge >= 0.3 is 0 Å². The van der Waals surface area contributed by atoms with Crippen LogP contribution in [-0.2, 0) is 0 Å². The Morgan fingerprint density at radius 2 is 1.85 bits per heavy atom. The Balaban J connectivity index is 1.45. The van der Waals surface area contributed by atoms with Crippen LogP contribution in [0.4, 0.5) is 0 Å². The van der Waals surface area contributed by atoms with E-state index in [4.69, 9.17) is 4.74 Å². The maximum absolute atomic E-state index is 12.2. The summed E-state index contributed by atoms with van der Waals surface area (Å²) in [4.78, 5) is 16.2. The molecule has 1 heterocycles. The van der Waals surface area contributed by atoms with Crippen LogP contribution in [0.25, 0.3) is 5.69 Å². The minimum Gasteiger partial charge on any atom is -0.492 e. The van der Waals surface area contributed by atoms with Gasteiger partial charge in [-0.3, -0.25) is 4.79 Å². The van der Waals surface area contributed by atoms with Crippen LogP contribution in [0, 0.1) is 0 Å². The number of hydrogen-bond donors (Lipinski definition) is 1. The Labute approximate surface area is 153 Å². The molecule has 3 rings (SSSR count). The van der Waals surface area contributed by atoms with E-state index < -0.39 is 0 Å². The predicted octanol–water partition coefficient (Wildman–Crippen LogP) is 3.80. The average molecular weight is 349 g/mol. The maximum Gasteiger partial charge on any atom is 0.251 e. The number of carbonyl (C=O) groups is 1. The number of amides is 1. The highest BCUT2D eigenvalue weighted by Gasteiger charge is 2.05. The van der Waals surface area contributed by atoms with Crippen molar-refractivity contribution in [1.29, 1.82) is 0 Å². The molecule has 2 aromatic carbocycles. The molecule has 0 saturated heterocycles. The molecular formula is C21H23N3O2. The lowest BCUT2D eigenvalue weighted by Gasteiger charge is -2.10. The molecule has 0 aliphatic heterocycles. The summed E-state index contributed by atoms with van der Waals surface area (Å²) in [7, 11) is 0. The summed E-state index contributed by atoms with van der Waals surface area (Å²) in [6.45, 7) is 5.20. The molecule has 0 fully saturated rings. The van der Waals surface area contributed by atoms with Crippen LogP contribution in [0.3, 0.4) is 0 Å². The first kappa shape index (κ1) is 17.7. The molecular weight excluding hydrogens is 326 g/mol. The van der Waals surface area contributed by atoms with Crippen LogP contribution >= 0.6 is 0 Å². The molecule has 1 amide bonds. The molecule has 26 heavy (non-hydrogen) atoms. The van der Waals surface area contributed by atoms with E-state index >= 15 is 0 Å². The van der Waals surface area contributed by atoms with Crippen LogP contribution in [-0.4, -0.2) is 28.6 Å². The van der Waals surface area contributed by atoms with Crippen molar-refractivity contribution in [3.05, 3.63) is 78.4 Å². The van der Waals surface area contributed by atoms with Gasteiger partial charge in [0.05, 0.1) is 12.9 Å². The van der Waals surface area contributed by atoms with Gasteiger partial charge in [-0.25, -0.2) is 4.98 Å². The molecule has 3 aromatic rings. The highest BCUT2D eigenvalue weighted by Crippen LogP contribution is 2.18. The number of imidazole rings is 1. The normalized spacial score (nSPS) is 10.7. The van der Waals surface area contributed by atoms with Gasteiger partial charge in [0.2, 0.25) is 0 Å². The second-order valence-electron chi connectivity index (χ2n) is 6.34. The van der Waals surface area contributed by atoms with Crippen molar-refractivity contribution in [2.75, 3.05) is 13.2 Å². The molecule has 0 spiro atoms. The van der Waals surface area contributed by atoms with Gasteiger partial charge in [-0.15, -0.1) is 0 Å². The fourth-order valence-corrected chi connectivity index (χ4v) is 2.58. The second kappa shape index (κ2) is 8.34. The van der Waals surface area contributed by atoms with Gasteiger partial charge in [0.15, 0.2) is 0 Å². The van der Waals surface area contributed by atoms with E-state index in [9.17, 15) is 4.79 Å². The Bertz CT molecular complexity index is 823. The Morgan fingerprint density at radius 1 is 1.12 bits per heavy atom. The Morgan fingerprint density at radius 3 is 2.46 bits per heavy atom. The number of benzene rings is 2. The van der Waals surface area contributed by atoms with E-state index in [-0.39, 0.29) is 5.91 Å². The number of hydrogen-bond acceptors (Lipinski definition) is 3. The molecule has 0 atom stereocenters. The number of ether oxygens (including phenoxy) is 1. The van der Waals surface area contributed by atoms with Crippen molar-refractivity contribution >= 4 is 5.91 Å². The Kier molecular flexibility index (Phi) is 5.69. The first-order chi connectivity index (χ1) is 12.6. The quantitative estimate of drug-likeness (QED) is 0.660. The third-order valence-corrected chi connectivity index (χ3v) is 4.14. The van der Waals surface area contributed by atoms with E-state index in [0.717, 1.165) is 11.4 Å². The van der Waals surface area contributed by atoms with E-state index in [1.807, 2.05) is 35.0 Å². The van der Waals surface area contributed by atoms with Crippen LogP contribution in [0.5, 0.6) is 5.75 Å². The fraction of sp³-hybridized carbons (Fsp3) is 0.238. The number of nitrogens with zero attached hydrogens (tertiary/aromatic N) is 2.